The summed E-state index contributed by atoms with van der Waals surface area (Å²) < 4.78 is 0. The van der Waals surface area contributed by atoms with E-state index in [4.69, 9.17) is 0 Å². The van der Waals surface area contributed by atoms with Crippen LogP contribution >= 0.6 is 35.3 Å². The van der Waals surface area contributed by atoms with E-state index >= 15 is 0 Å². The van der Waals surface area contributed by atoms with Crippen molar-refractivity contribution >= 4 is 41.3 Å². The van der Waals surface area contributed by atoms with Crippen LogP contribution in [-0.4, -0.2) is 49.6 Å². The van der Waals surface area contributed by atoms with E-state index in [0.717, 1.165) is 29.6 Å². The molecular weight excluding hydrogens is 457 g/mol. The Hall–Kier alpha value is -1.19. The van der Waals surface area contributed by atoms with Crippen LogP contribution in [0.5, 0.6) is 0 Å². The molecule has 1 unspecified atom stereocenters. The van der Waals surface area contributed by atoms with Crippen molar-refractivity contribution in [1.82, 2.24) is 20.5 Å². The minimum absolute atomic E-state index is 0. The van der Waals surface area contributed by atoms with Gasteiger partial charge < -0.3 is 15.5 Å². The Labute approximate surface area is 178 Å². The standard InChI is InChI=1S/C19H29N5S.HI/c1-14-15(2)25-18(23-14)13-22-19(20-3)21-12-17(24(4)5)11-16-9-7-6-8-10-16;/h6-10,17H,11-13H2,1-5H3,(H2,20,21,22);1H. The molecule has 2 aromatic rings. The van der Waals surface area contributed by atoms with Crippen LogP contribution < -0.4 is 10.6 Å². The third-order valence-corrected chi connectivity index (χ3v) is 5.33. The third kappa shape index (κ3) is 7.20. The van der Waals surface area contributed by atoms with E-state index in [1.165, 1.54) is 10.4 Å². The highest BCUT2D eigenvalue weighted by molar-refractivity contribution is 14.0. The fraction of sp³-hybridized carbons (Fsp3) is 0.474. The van der Waals surface area contributed by atoms with Gasteiger partial charge in [-0.2, -0.15) is 0 Å². The van der Waals surface area contributed by atoms with Crippen LogP contribution in [0.2, 0.25) is 0 Å². The van der Waals surface area contributed by atoms with E-state index in [1.54, 1.807) is 18.4 Å². The third-order valence-electron chi connectivity index (χ3n) is 4.25. The molecule has 26 heavy (non-hydrogen) atoms. The molecule has 5 nitrogen and oxygen atoms in total. The first-order valence-electron chi connectivity index (χ1n) is 8.57. The van der Waals surface area contributed by atoms with Gasteiger partial charge in [-0.1, -0.05) is 30.3 Å². The number of halogens is 1. The molecule has 0 aliphatic heterocycles. The van der Waals surface area contributed by atoms with Gasteiger partial charge in [-0.15, -0.1) is 35.3 Å². The van der Waals surface area contributed by atoms with Gasteiger partial charge in [-0.05, 0) is 39.9 Å². The number of guanidine groups is 1. The lowest BCUT2D eigenvalue weighted by atomic mass is 10.1. The first-order chi connectivity index (χ1) is 12.0. The second-order valence-electron chi connectivity index (χ2n) is 6.36. The van der Waals surface area contributed by atoms with Crippen molar-refractivity contribution in [2.45, 2.75) is 32.9 Å². The van der Waals surface area contributed by atoms with Crippen LogP contribution in [0.1, 0.15) is 21.1 Å². The number of nitrogens with one attached hydrogen (secondary N) is 2. The second kappa shape index (κ2) is 11.5. The Kier molecular flexibility index (Phi) is 10.1. The molecule has 0 aliphatic rings. The molecule has 0 saturated carbocycles. The summed E-state index contributed by atoms with van der Waals surface area (Å²) in [5, 5.41) is 7.88. The van der Waals surface area contributed by atoms with Crippen molar-refractivity contribution < 1.29 is 0 Å². The largest absolute Gasteiger partial charge is 0.355 e. The van der Waals surface area contributed by atoms with Crippen molar-refractivity contribution in [2.24, 2.45) is 4.99 Å². The average Bonchev–Trinajstić information content (AvgIpc) is 2.92. The highest BCUT2D eigenvalue weighted by Gasteiger charge is 2.13. The van der Waals surface area contributed by atoms with E-state index in [-0.39, 0.29) is 24.0 Å². The number of thiazole rings is 1. The summed E-state index contributed by atoms with van der Waals surface area (Å²) in [6.45, 7) is 5.68. The number of likely N-dealkylation sites (N-methyl/N-ethyl adjacent to an activating group) is 1. The molecule has 144 valence electrons. The van der Waals surface area contributed by atoms with Crippen LogP contribution in [0.15, 0.2) is 35.3 Å². The highest BCUT2D eigenvalue weighted by atomic mass is 127. The summed E-state index contributed by atoms with van der Waals surface area (Å²) in [7, 11) is 6.04. The van der Waals surface area contributed by atoms with Crippen LogP contribution in [0.3, 0.4) is 0 Å². The number of nitrogens with zero attached hydrogens (tertiary/aromatic N) is 3. The lowest BCUT2D eigenvalue weighted by Crippen LogP contribution is -2.45. The summed E-state index contributed by atoms with van der Waals surface area (Å²) in [5.41, 5.74) is 2.46. The quantitative estimate of drug-likeness (QED) is 0.358. The Morgan fingerprint density at radius 3 is 2.42 bits per heavy atom. The summed E-state index contributed by atoms with van der Waals surface area (Å²) in [6, 6.07) is 11.0. The van der Waals surface area contributed by atoms with Crippen molar-refractivity contribution in [2.75, 3.05) is 27.7 Å². The monoisotopic (exact) mass is 487 g/mol. The fourth-order valence-electron chi connectivity index (χ4n) is 2.53. The number of benzene rings is 1. The molecule has 1 aromatic heterocycles. The molecule has 7 heteroatoms. The minimum atomic E-state index is 0. The molecule has 0 spiro atoms. The van der Waals surface area contributed by atoms with Crippen LogP contribution in [0.25, 0.3) is 0 Å². The second-order valence-corrected chi connectivity index (χ2v) is 7.65. The van der Waals surface area contributed by atoms with Gasteiger partial charge >= 0.3 is 0 Å². The first-order valence-corrected chi connectivity index (χ1v) is 9.39. The minimum Gasteiger partial charge on any atom is -0.355 e. The zero-order valence-electron chi connectivity index (χ0n) is 16.2. The number of hydrogen-bond donors (Lipinski definition) is 2. The zero-order valence-corrected chi connectivity index (χ0v) is 19.4. The maximum atomic E-state index is 4.56. The van der Waals surface area contributed by atoms with Crippen LogP contribution in [-0.2, 0) is 13.0 Å². The van der Waals surface area contributed by atoms with Gasteiger partial charge in [0.05, 0.1) is 12.2 Å². The smallest absolute Gasteiger partial charge is 0.191 e. The molecule has 0 amide bonds. The van der Waals surface area contributed by atoms with Gasteiger partial charge in [0, 0.05) is 24.5 Å². The number of rotatable bonds is 7. The summed E-state index contributed by atoms with van der Waals surface area (Å²) in [5.74, 6) is 0.811. The Morgan fingerprint density at radius 1 is 1.19 bits per heavy atom. The number of aliphatic imine (C=N–C) groups is 1. The molecule has 1 aromatic carbocycles. The number of aromatic nitrogens is 1. The fourth-order valence-corrected chi connectivity index (χ4v) is 3.41. The van der Waals surface area contributed by atoms with E-state index in [2.05, 4.69) is 76.9 Å². The van der Waals surface area contributed by atoms with Crippen molar-refractivity contribution in [3.8, 4) is 0 Å². The number of aryl methyl sites for hydroxylation is 2. The van der Waals surface area contributed by atoms with Crippen molar-refractivity contribution in [3.05, 3.63) is 51.5 Å². The molecule has 2 N–H and O–H groups in total. The number of hydrogen-bond acceptors (Lipinski definition) is 4. The predicted molar refractivity (Wildman–Crippen MR) is 123 cm³/mol. The molecule has 0 fully saturated rings. The van der Waals surface area contributed by atoms with Gasteiger partial charge in [-0.25, -0.2) is 4.98 Å². The van der Waals surface area contributed by atoms with Gasteiger partial charge in [0.25, 0.3) is 0 Å². The van der Waals surface area contributed by atoms with Crippen molar-refractivity contribution in [3.63, 3.8) is 0 Å². The Morgan fingerprint density at radius 2 is 1.88 bits per heavy atom. The van der Waals surface area contributed by atoms with Crippen LogP contribution in [0, 0.1) is 13.8 Å². The Bertz CT molecular complexity index is 665. The topological polar surface area (TPSA) is 52.6 Å². The molecule has 1 atom stereocenters. The maximum absolute atomic E-state index is 4.56. The normalized spacial score (nSPS) is 12.6. The summed E-state index contributed by atoms with van der Waals surface area (Å²) >= 11 is 1.73. The molecule has 0 bridgehead atoms. The summed E-state index contributed by atoms with van der Waals surface area (Å²) in [4.78, 5) is 12.4. The van der Waals surface area contributed by atoms with E-state index in [9.17, 15) is 0 Å². The SMILES string of the molecule is CN=C(NCc1nc(C)c(C)s1)NCC(Cc1ccccc1)N(C)C.I. The van der Waals surface area contributed by atoms with E-state index < -0.39 is 0 Å². The average molecular weight is 487 g/mol. The Balaban J connectivity index is 0.00000338. The van der Waals surface area contributed by atoms with Crippen molar-refractivity contribution in [1.29, 1.82) is 0 Å². The molecule has 0 radical (unpaired) electrons. The first kappa shape index (κ1) is 22.9. The highest BCUT2D eigenvalue weighted by Crippen LogP contribution is 2.15. The molecule has 1 heterocycles. The van der Waals surface area contributed by atoms with E-state index in [0.29, 0.717) is 12.6 Å². The zero-order chi connectivity index (χ0) is 18.2. The summed E-state index contributed by atoms with van der Waals surface area (Å²) in [6.07, 6.45) is 1.00. The van der Waals surface area contributed by atoms with Gasteiger partial charge in [-0.3, -0.25) is 4.99 Å². The molecular formula is C19H30IN5S. The van der Waals surface area contributed by atoms with Gasteiger partial charge in [0.15, 0.2) is 5.96 Å². The van der Waals surface area contributed by atoms with Gasteiger partial charge in [0.2, 0.25) is 0 Å². The molecule has 0 aliphatic carbocycles. The molecule has 2 rings (SSSR count). The van der Waals surface area contributed by atoms with E-state index in [1.807, 2.05) is 6.92 Å². The lowest BCUT2D eigenvalue weighted by Gasteiger charge is -2.25. The predicted octanol–water partition coefficient (Wildman–Crippen LogP) is 3.22. The molecule has 0 saturated heterocycles. The maximum Gasteiger partial charge on any atom is 0.191 e. The lowest BCUT2D eigenvalue weighted by molar-refractivity contribution is 0.290. The van der Waals surface area contributed by atoms with Crippen LogP contribution in [0.4, 0.5) is 0 Å². The van der Waals surface area contributed by atoms with Gasteiger partial charge in [0.1, 0.15) is 5.01 Å².